The van der Waals surface area contributed by atoms with Gasteiger partial charge in [0.2, 0.25) is 0 Å². The summed E-state index contributed by atoms with van der Waals surface area (Å²) < 4.78 is 13.6. The number of nitrogens with zero attached hydrogens (tertiary/aromatic N) is 4. The number of hydrogen-bond donors (Lipinski definition) is 0. The van der Waals surface area contributed by atoms with Gasteiger partial charge in [0, 0.05) is 62.1 Å². The second-order valence-corrected chi connectivity index (χ2v) is 18.0. The van der Waals surface area contributed by atoms with Crippen molar-refractivity contribution < 1.29 is 25.8 Å². The van der Waals surface area contributed by atoms with E-state index in [4.69, 9.17) is 9.72 Å². The summed E-state index contributed by atoms with van der Waals surface area (Å²) in [5.74, 6) is 2.15. The van der Waals surface area contributed by atoms with E-state index in [9.17, 15) is 0 Å². The standard InChI is InChI=1S/C46H51N4O.Pt/c1-43(2,3)30-17-19-36-37-20-18-34(28-41(37)50(40(36)25-30)42-26-31(21-22-47-42)44(4,5)6)51-35-24-32(45(7,8)9)23-33(27-35)48-29-49(46(10,11)12)39-16-14-13-15-38(39)48;/h13-26,29H,1-12H3;/q-1;. The Hall–Kier alpha value is -4.21. The molecule has 272 valence electrons. The van der Waals surface area contributed by atoms with Crippen molar-refractivity contribution in [2.75, 3.05) is 0 Å². The third-order valence-corrected chi connectivity index (χ3v) is 9.89. The molecule has 5 nitrogen and oxygen atoms in total. The SMILES string of the molecule is CC(C)(C)c1cc(Oc2[c-]c3c(cc2)c2ccc(C(C)(C)C)cc2n3-c2cc(C(C)(C)C)ccn2)[c-]c(-n2[cH+]n(C(C)(C)C)c3ccccc32)c1.[Pt]. The molecular weight excluding hydrogens is 820 g/mol. The number of rotatable bonds is 4. The van der Waals surface area contributed by atoms with Crippen LogP contribution in [-0.4, -0.2) is 18.7 Å². The summed E-state index contributed by atoms with van der Waals surface area (Å²) in [6.45, 7) is 26.9. The van der Waals surface area contributed by atoms with Crippen LogP contribution in [0, 0.1) is 12.1 Å². The average Bonchev–Trinajstić information content (AvgIpc) is 3.59. The summed E-state index contributed by atoms with van der Waals surface area (Å²) in [5.41, 5.74) is 8.71. The van der Waals surface area contributed by atoms with Gasteiger partial charge >= 0.3 is 0 Å². The number of para-hydroxylation sites is 2. The number of ether oxygens (including phenoxy) is 1. The molecule has 52 heavy (non-hydrogen) atoms. The van der Waals surface area contributed by atoms with E-state index in [0.29, 0.717) is 11.5 Å². The van der Waals surface area contributed by atoms with Gasteiger partial charge in [-0.25, -0.2) is 14.1 Å². The van der Waals surface area contributed by atoms with Gasteiger partial charge in [0.05, 0.1) is 5.54 Å². The fourth-order valence-electron chi connectivity index (χ4n) is 6.80. The molecule has 6 heteroatoms. The number of imidazole rings is 1. The number of hydrogen-bond acceptors (Lipinski definition) is 2. The molecule has 0 spiro atoms. The molecule has 0 amide bonds. The molecule has 0 fully saturated rings. The van der Waals surface area contributed by atoms with E-state index in [-0.39, 0.29) is 42.8 Å². The van der Waals surface area contributed by atoms with E-state index in [1.807, 2.05) is 12.3 Å². The van der Waals surface area contributed by atoms with Crippen molar-refractivity contribution in [1.29, 1.82) is 0 Å². The average molecular weight is 871 g/mol. The molecule has 0 aliphatic carbocycles. The van der Waals surface area contributed by atoms with Crippen LogP contribution >= 0.6 is 0 Å². The minimum atomic E-state index is -0.112. The smallest absolute Gasteiger partial charge is 0.188 e. The largest absolute Gasteiger partial charge is 0.508 e. The van der Waals surface area contributed by atoms with Crippen molar-refractivity contribution in [2.24, 2.45) is 0 Å². The second kappa shape index (κ2) is 13.0. The van der Waals surface area contributed by atoms with Crippen LogP contribution in [0.2, 0.25) is 0 Å². The first-order chi connectivity index (χ1) is 23.8. The van der Waals surface area contributed by atoms with Gasteiger partial charge in [-0.3, -0.25) is 0 Å². The van der Waals surface area contributed by atoms with E-state index >= 15 is 0 Å². The molecule has 0 radical (unpaired) electrons. The summed E-state index contributed by atoms with van der Waals surface area (Å²) in [5, 5.41) is 2.28. The molecule has 0 aliphatic heterocycles. The summed E-state index contributed by atoms with van der Waals surface area (Å²) >= 11 is 0. The summed E-state index contributed by atoms with van der Waals surface area (Å²) in [6.07, 6.45) is 4.11. The number of pyridine rings is 1. The van der Waals surface area contributed by atoms with Crippen LogP contribution in [0.4, 0.5) is 0 Å². The van der Waals surface area contributed by atoms with Crippen LogP contribution in [0.1, 0.15) is 99.8 Å². The molecule has 0 bridgehead atoms. The molecule has 3 aromatic heterocycles. The predicted molar refractivity (Wildman–Crippen MR) is 213 cm³/mol. The van der Waals surface area contributed by atoms with Gasteiger partial charge in [-0.2, -0.15) is 6.07 Å². The van der Waals surface area contributed by atoms with Gasteiger partial charge in [0.25, 0.3) is 0 Å². The molecule has 0 saturated carbocycles. The first-order valence-corrected chi connectivity index (χ1v) is 18.1. The van der Waals surface area contributed by atoms with Crippen LogP contribution in [-0.2, 0) is 42.8 Å². The number of fused-ring (bicyclic) bond motifs is 4. The van der Waals surface area contributed by atoms with Gasteiger partial charge in [-0.15, -0.1) is 29.1 Å². The van der Waals surface area contributed by atoms with Crippen molar-refractivity contribution in [3.05, 3.63) is 120 Å². The Bertz CT molecular complexity index is 2440. The first-order valence-electron chi connectivity index (χ1n) is 18.1. The molecule has 7 rings (SSSR count). The maximum atomic E-state index is 6.75. The Morgan fingerprint density at radius 2 is 1.23 bits per heavy atom. The van der Waals surface area contributed by atoms with Gasteiger partial charge < -0.3 is 9.30 Å². The fraction of sp³-hybridized carbons (Fsp3) is 0.348. The quantitative estimate of drug-likeness (QED) is 0.165. The number of benzene rings is 4. The zero-order valence-corrected chi connectivity index (χ0v) is 34.9. The Morgan fingerprint density at radius 1 is 0.596 bits per heavy atom. The van der Waals surface area contributed by atoms with Crippen LogP contribution in [0.5, 0.6) is 11.5 Å². The van der Waals surface area contributed by atoms with Crippen molar-refractivity contribution in [3.8, 4) is 23.0 Å². The zero-order chi connectivity index (χ0) is 36.7. The maximum Gasteiger partial charge on any atom is 0.188 e. The molecule has 4 aromatic carbocycles. The van der Waals surface area contributed by atoms with Gasteiger partial charge in [0.1, 0.15) is 5.82 Å². The third-order valence-electron chi connectivity index (χ3n) is 9.89. The zero-order valence-electron chi connectivity index (χ0n) is 32.7. The Labute approximate surface area is 323 Å². The monoisotopic (exact) mass is 870 g/mol. The van der Waals surface area contributed by atoms with E-state index in [0.717, 1.165) is 33.4 Å². The van der Waals surface area contributed by atoms with E-state index in [2.05, 4.69) is 188 Å². The molecule has 0 N–H and O–H groups in total. The predicted octanol–water partition coefficient (Wildman–Crippen LogP) is 12.2. The Balaban J connectivity index is 0.00000464. The van der Waals surface area contributed by atoms with Crippen molar-refractivity contribution >= 4 is 32.8 Å². The summed E-state index contributed by atoms with van der Waals surface area (Å²) in [7, 11) is 0. The molecule has 0 atom stereocenters. The third kappa shape index (κ3) is 6.97. The van der Waals surface area contributed by atoms with Crippen LogP contribution in [0.25, 0.3) is 44.3 Å². The van der Waals surface area contributed by atoms with Crippen LogP contribution < -0.4 is 4.74 Å². The van der Waals surface area contributed by atoms with Crippen molar-refractivity contribution in [1.82, 2.24) is 18.7 Å². The summed E-state index contributed by atoms with van der Waals surface area (Å²) in [6, 6.07) is 35.5. The second-order valence-electron chi connectivity index (χ2n) is 18.0. The molecule has 0 saturated heterocycles. The minimum absolute atomic E-state index is 0. The minimum Gasteiger partial charge on any atom is -0.508 e. The summed E-state index contributed by atoms with van der Waals surface area (Å²) in [4.78, 5) is 4.92. The van der Waals surface area contributed by atoms with Gasteiger partial charge in [-0.1, -0.05) is 92.1 Å². The maximum absolute atomic E-state index is 6.75. The fourth-order valence-corrected chi connectivity index (χ4v) is 6.80. The van der Waals surface area contributed by atoms with E-state index < -0.39 is 0 Å². The normalized spacial score (nSPS) is 12.8. The van der Waals surface area contributed by atoms with Crippen molar-refractivity contribution in [2.45, 2.75) is 105 Å². The van der Waals surface area contributed by atoms with E-state index in [1.165, 1.54) is 27.6 Å². The van der Waals surface area contributed by atoms with E-state index in [1.54, 1.807) is 0 Å². The first kappa shape index (κ1) is 37.5. The van der Waals surface area contributed by atoms with Crippen LogP contribution in [0.3, 0.4) is 0 Å². The molecule has 0 aliphatic rings. The Morgan fingerprint density at radius 3 is 1.88 bits per heavy atom. The van der Waals surface area contributed by atoms with Crippen LogP contribution in [0.15, 0.2) is 91.4 Å². The van der Waals surface area contributed by atoms with Gasteiger partial charge in [0.15, 0.2) is 17.4 Å². The van der Waals surface area contributed by atoms with Crippen molar-refractivity contribution in [3.63, 3.8) is 0 Å². The number of aromatic nitrogens is 4. The Kier molecular flexibility index (Phi) is 9.40. The molecule has 0 unspecified atom stereocenters. The molecular formula is C46H51N4OPt-. The molecule has 7 aromatic rings. The molecule has 3 heterocycles. The van der Waals surface area contributed by atoms with Gasteiger partial charge in [-0.05, 0) is 83.9 Å². The topological polar surface area (TPSA) is 36.9 Å².